The first-order chi connectivity index (χ1) is 13.5. The van der Waals surface area contributed by atoms with Crippen molar-refractivity contribution in [3.8, 4) is 16.4 Å². The average Bonchev–Trinajstić information content (AvgIpc) is 3.38. The molecule has 0 aliphatic carbocycles. The Balaban J connectivity index is 1.70. The van der Waals surface area contributed by atoms with Gasteiger partial charge in [-0.1, -0.05) is 6.07 Å². The predicted molar refractivity (Wildman–Crippen MR) is 102 cm³/mol. The molecule has 1 saturated heterocycles. The number of piperidine rings is 1. The third-order valence-electron chi connectivity index (χ3n) is 4.72. The second-order valence-corrected chi connectivity index (χ2v) is 7.56. The molecule has 0 bridgehead atoms. The number of nitrogens with two attached hydrogens (primary N) is 1. The zero-order valence-electron chi connectivity index (χ0n) is 14.9. The van der Waals surface area contributed by atoms with E-state index >= 15 is 0 Å². The quantitative estimate of drug-likeness (QED) is 0.729. The van der Waals surface area contributed by atoms with Crippen molar-refractivity contribution in [3.05, 3.63) is 53.4 Å². The Bertz CT molecular complexity index is 1000. The molecular formula is C19H18FN5O2S. The fourth-order valence-electron chi connectivity index (χ4n) is 3.27. The molecule has 1 unspecified atom stereocenters. The minimum Gasteiger partial charge on any atom is -0.369 e. The Morgan fingerprint density at radius 3 is 2.68 bits per heavy atom. The maximum Gasteiger partial charge on any atom is 0.293 e. The van der Waals surface area contributed by atoms with Gasteiger partial charge in [-0.05, 0) is 48.6 Å². The van der Waals surface area contributed by atoms with Gasteiger partial charge in [0, 0.05) is 13.1 Å². The van der Waals surface area contributed by atoms with Gasteiger partial charge >= 0.3 is 0 Å². The van der Waals surface area contributed by atoms with Crippen molar-refractivity contribution in [2.45, 2.75) is 12.8 Å². The van der Waals surface area contributed by atoms with Gasteiger partial charge in [-0.2, -0.15) is 0 Å². The molecular weight excluding hydrogens is 381 g/mol. The normalized spacial score (nSPS) is 16.9. The van der Waals surface area contributed by atoms with E-state index in [1.807, 2.05) is 17.5 Å². The summed E-state index contributed by atoms with van der Waals surface area (Å²) in [5, 5.41) is 6.30. The molecule has 2 amide bonds. The van der Waals surface area contributed by atoms with E-state index in [9.17, 15) is 14.0 Å². The number of thiophene rings is 1. The summed E-state index contributed by atoms with van der Waals surface area (Å²) in [5.74, 6) is -0.908. The van der Waals surface area contributed by atoms with Crippen molar-refractivity contribution in [1.82, 2.24) is 19.7 Å². The molecule has 1 aromatic carbocycles. The highest BCUT2D eigenvalue weighted by Crippen LogP contribution is 2.26. The molecule has 1 atom stereocenters. The summed E-state index contributed by atoms with van der Waals surface area (Å²) in [6.45, 7) is 0.801. The average molecular weight is 399 g/mol. The van der Waals surface area contributed by atoms with Crippen LogP contribution in [-0.2, 0) is 4.79 Å². The van der Waals surface area contributed by atoms with Crippen LogP contribution in [0.1, 0.15) is 23.5 Å². The second-order valence-electron chi connectivity index (χ2n) is 6.62. The SMILES string of the molecule is NC(=O)C1CCCN(C(=O)c2nc(-c3cccs3)n(-c3ccc(F)cc3)n2)C1. The summed E-state index contributed by atoms with van der Waals surface area (Å²) in [7, 11) is 0. The van der Waals surface area contributed by atoms with Gasteiger partial charge in [-0.25, -0.2) is 14.1 Å². The molecule has 0 spiro atoms. The highest BCUT2D eigenvalue weighted by molar-refractivity contribution is 7.13. The highest BCUT2D eigenvalue weighted by Gasteiger charge is 2.30. The van der Waals surface area contributed by atoms with Gasteiger partial charge in [0.15, 0.2) is 5.82 Å². The molecule has 1 fully saturated rings. The van der Waals surface area contributed by atoms with E-state index in [0.29, 0.717) is 30.9 Å². The molecule has 3 heterocycles. The van der Waals surface area contributed by atoms with Gasteiger partial charge in [0.25, 0.3) is 5.91 Å². The van der Waals surface area contributed by atoms with E-state index in [2.05, 4.69) is 10.1 Å². The maximum atomic E-state index is 13.3. The Morgan fingerprint density at radius 2 is 2.00 bits per heavy atom. The Kier molecular flexibility index (Phi) is 4.91. The lowest BCUT2D eigenvalue weighted by Crippen LogP contribution is -2.44. The molecule has 1 aliphatic heterocycles. The minimum atomic E-state index is -0.401. The lowest BCUT2D eigenvalue weighted by atomic mass is 9.97. The molecule has 144 valence electrons. The third-order valence-corrected chi connectivity index (χ3v) is 5.59. The van der Waals surface area contributed by atoms with Crippen LogP contribution in [0.25, 0.3) is 16.4 Å². The molecule has 2 N–H and O–H groups in total. The summed E-state index contributed by atoms with van der Waals surface area (Å²) in [4.78, 5) is 31.3. The van der Waals surface area contributed by atoms with Crippen molar-refractivity contribution >= 4 is 23.2 Å². The Morgan fingerprint density at radius 1 is 1.21 bits per heavy atom. The number of rotatable bonds is 4. The van der Waals surface area contributed by atoms with Crippen LogP contribution in [0, 0.1) is 11.7 Å². The number of carbonyl (C=O) groups excluding carboxylic acids is 2. The fourth-order valence-corrected chi connectivity index (χ4v) is 3.96. The summed E-state index contributed by atoms with van der Waals surface area (Å²) < 4.78 is 14.8. The summed E-state index contributed by atoms with van der Waals surface area (Å²) in [5.41, 5.74) is 6.01. The zero-order valence-corrected chi connectivity index (χ0v) is 15.7. The van der Waals surface area contributed by atoms with Gasteiger partial charge in [0.1, 0.15) is 5.82 Å². The van der Waals surface area contributed by atoms with Gasteiger partial charge in [0.2, 0.25) is 11.7 Å². The number of nitrogens with zero attached hydrogens (tertiary/aromatic N) is 4. The predicted octanol–water partition coefficient (Wildman–Crippen LogP) is 2.47. The van der Waals surface area contributed by atoms with E-state index in [0.717, 1.165) is 4.88 Å². The zero-order chi connectivity index (χ0) is 19.7. The number of halogens is 1. The largest absolute Gasteiger partial charge is 0.369 e. The summed E-state index contributed by atoms with van der Waals surface area (Å²) in [6.07, 6.45) is 1.38. The first kappa shape index (κ1) is 18.3. The van der Waals surface area contributed by atoms with Crippen LogP contribution in [0.3, 0.4) is 0 Å². The van der Waals surface area contributed by atoms with Crippen molar-refractivity contribution in [1.29, 1.82) is 0 Å². The van der Waals surface area contributed by atoms with E-state index < -0.39 is 5.91 Å². The van der Waals surface area contributed by atoms with Crippen LogP contribution in [0.2, 0.25) is 0 Å². The van der Waals surface area contributed by atoms with Crippen LogP contribution in [0.4, 0.5) is 4.39 Å². The monoisotopic (exact) mass is 399 g/mol. The van der Waals surface area contributed by atoms with E-state index in [4.69, 9.17) is 5.73 Å². The number of hydrogen-bond donors (Lipinski definition) is 1. The molecule has 0 saturated carbocycles. The third kappa shape index (κ3) is 3.53. The number of primary amides is 1. The van der Waals surface area contributed by atoms with E-state index in [1.54, 1.807) is 17.0 Å². The van der Waals surface area contributed by atoms with Crippen molar-refractivity contribution < 1.29 is 14.0 Å². The highest BCUT2D eigenvalue weighted by atomic mass is 32.1. The van der Waals surface area contributed by atoms with E-state index in [-0.39, 0.29) is 30.0 Å². The lowest BCUT2D eigenvalue weighted by Gasteiger charge is -2.30. The number of aromatic nitrogens is 3. The van der Waals surface area contributed by atoms with Crippen molar-refractivity contribution in [2.75, 3.05) is 13.1 Å². The number of benzene rings is 1. The minimum absolute atomic E-state index is 0.0397. The fraction of sp³-hybridized carbons (Fsp3) is 0.263. The second kappa shape index (κ2) is 7.51. The Hall–Kier alpha value is -3.07. The molecule has 28 heavy (non-hydrogen) atoms. The van der Waals surface area contributed by atoms with Crippen LogP contribution in [0.5, 0.6) is 0 Å². The number of carbonyl (C=O) groups is 2. The first-order valence-electron chi connectivity index (χ1n) is 8.88. The molecule has 7 nitrogen and oxygen atoms in total. The summed E-state index contributed by atoms with van der Waals surface area (Å²) >= 11 is 1.47. The Labute approximate surface area is 164 Å². The van der Waals surface area contributed by atoms with Crippen molar-refractivity contribution in [2.24, 2.45) is 11.7 Å². The topological polar surface area (TPSA) is 94.1 Å². The van der Waals surface area contributed by atoms with Crippen LogP contribution < -0.4 is 5.73 Å². The van der Waals surface area contributed by atoms with Gasteiger partial charge in [0.05, 0.1) is 16.5 Å². The van der Waals surface area contributed by atoms with Gasteiger partial charge < -0.3 is 10.6 Å². The molecule has 0 radical (unpaired) electrons. The summed E-state index contributed by atoms with van der Waals surface area (Å²) in [6, 6.07) is 9.59. The smallest absolute Gasteiger partial charge is 0.293 e. The van der Waals surface area contributed by atoms with Crippen LogP contribution in [-0.4, -0.2) is 44.6 Å². The standard InChI is InChI=1S/C19H18FN5O2S/c20-13-5-7-14(8-6-13)25-18(15-4-2-10-28-15)22-17(23-25)19(27)24-9-1-3-12(11-24)16(21)26/h2,4-8,10,12H,1,3,9,11H2,(H2,21,26). The molecule has 3 aromatic rings. The first-order valence-corrected chi connectivity index (χ1v) is 9.76. The van der Waals surface area contributed by atoms with Gasteiger partial charge in [-0.3, -0.25) is 9.59 Å². The number of likely N-dealkylation sites (tertiary alicyclic amines) is 1. The molecule has 2 aromatic heterocycles. The lowest BCUT2D eigenvalue weighted by molar-refractivity contribution is -0.123. The number of amides is 2. The molecule has 4 rings (SSSR count). The van der Waals surface area contributed by atoms with E-state index in [1.165, 1.54) is 28.2 Å². The number of hydrogen-bond acceptors (Lipinski definition) is 5. The van der Waals surface area contributed by atoms with Crippen molar-refractivity contribution in [3.63, 3.8) is 0 Å². The van der Waals surface area contributed by atoms with Crippen LogP contribution >= 0.6 is 11.3 Å². The maximum absolute atomic E-state index is 13.3. The molecule has 1 aliphatic rings. The molecule has 9 heteroatoms. The van der Waals surface area contributed by atoms with Crippen LogP contribution in [0.15, 0.2) is 41.8 Å². The van der Waals surface area contributed by atoms with Gasteiger partial charge in [-0.15, -0.1) is 16.4 Å².